The Morgan fingerprint density at radius 3 is 2.30 bits per heavy atom. The van der Waals surface area contributed by atoms with Crippen LogP contribution in [0.15, 0.2) is 41.3 Å². The molecular formula is C15H13Cl2F2NO2S. The van der Waals surface area contributed by atoms with Gasteiger partial charge in [-0.1, -0.05) is 29.3 Å². The van der Waals surface area contributed by atoms with Gasteiger partial charge < -0.3 is 0 Å². The summed E-state index contributed by atoms with van der Waals surface area (Å²) in [5.41, 5.74) is 0.313. The molecule has 0 radical (unpaired) electrons. The first-order valence-electron chi connectivity index (χ1n) is 6.52. The average Bonchev–Trinajstić information content (AvgIpc) is 2.50. The molecule has 0 aliphatic heterocycles. The van der Waals surface area contributed by atoms with Crippen LogP contribution >= 0.6 is 23.2 Å². The van der Waals surface area contributed by atoms with E-state index in [0.29, 0.717) is 5.56 Å². The number of hydrogen-bond acceptors (Lipinski definition) is 2. The van der Waals surface area contributed by atoms with Crippen LogP contribution in [0.3, 0.4) is 0 Å². The number of sulfonamides is 1. The van der Waals surface area contributed by atoms with Gasteiger partial charge in [-0.25, -0.2) is 17.2 Å². The zero-order chi connectivity index (χ0) is 17.4. The Bertz CT molecular complexity index is 843. The molecule has 8 heteroatoms. The topological polar surface area (TPSA) is 37.4 Å². The number of halogens is 4. The Labute approximate surface area is 143 Å². The van der Waals surface area contributed by atoms with Gasteiger partial charge in [-0.2, -0.15) is 4.31 Å². The van der Waals surface area contributed by atoms with Crippen molar-refractivity contribution in [2.24, 2.45) is 0 Å². The summed E-state index contributed by atoms with van der Waals surface area (Å²) in [7, 11) is -2.63. The summed E-state index contributed by atoms with van der Waals surface area (Å²) in [5, 5.41) is 0.251. The van der Waals surface area contributed by atoms with Crippen LogP contribution in [0.4, 0.5) is 8.78 Å². The lowest BCUT2D eigenvalue weighted by Crippen LogP contribution is -2.30. The van der Waals surface area contributed by atoms with Gasteiger partial charge in [-0.15, -0.1) is 0 Å². The minimum atomic E-state index is -3.96. The van der Waals surface area contributed by atoms with Gasteiger partial charge >= 0.3 is 0 Å². The highest BCUT2D eigenvalue weighted by atomic mass is 35.5. The van der Waals surface area contributed by atoms with Crippen molar-refractivity contribution in [3.63, 3.8) is 0 Å². The van der Waals surface area contributed by atoms with Crippen LogP contribution in [0.25, 0.3) is 0 Å². The van der Waals surface area contributed by atoms with Gasteiger partial charge in [0.15, 0.2) is 11.6 Å². The smallest absolute Gasteiger partial charge is 0.207 e. The highest BCUT2D eigenvalue weighted by molar-refractivity contribution is 7.89. The fourth-order valence-electron chi connectivity index (χ4n) is 2.02. The Kier molecular flexibility index (Phi) is 5.30. The zero-order valence-corrected chi connectivity index (χ0v) is 14.6. The lowest BCUT2D eigenvalue weighted by Gasteiger charge is -2.25. The van der Waals surface area contributed by atoms with Crippen molar-refractivity contribution in [1.29, 1.82) is 0 Å². The molecule has 0 bridgehead atoms. The molecule has 0 saturated carbocycles. The molecule has 1 atom stereocenters. The largest absolute Gasteiger partial charge is 0.244 e. The van der Waals surface area contributed by atoms with E-state index in [9.17, 15) is 17.2 Å². The highest BCUT2D eigenvalue weighted by Crippen LogP contribution is 2.31. The molecule has 2 rings (SSSR count). The second-order valence-electron chi connectivity index (χ2n) is 4.95. The first kappa shape index (κ1) is 18.1. The van der Waals surface area contributed by atoms with E-state index < -0.39 is 27.7 Å². The van der Waals surface area contributed by atoms with E-state index in [2.05, 4.69) is 0 Å². The van der Waals surface area contributed by atoms with Crippen LogP contribution in [-0.4, -0.2) is 19.8 Å². The Morgan fingerprint density at radius 2 is 1.70 bits per heavy atom. The maximum absolute atomic E-state index is 13.4. The second-order valence-corrected chi connectivity index (χ2v) is 7.76. The standard InChI is InChI=1S/C15H13Cl2F2NO2S/c1-9(10-3-6-13(18)14(19)7-10)20(2)23(21,22)15-8-11(16)4-5-12(15)17/h3-9H,1-2H3. The third-order valence-electron chi connectivity index (χ3n) is 3.52. The maximum Gasteiger partial charge on any atom is 0.244 e. The summed E-state index contributed by atoms with van der Waals surface area (Å²) < 4.78 is 52.8. The Hall–Kier alpha value is -1.21. The van der Waals surface area contributed by atoms with Crippen molar-refractivity contribution in [1.82, 2.24) is 4.31 Å². The van der Waals surface area contributed by atoms with Gasteiger partial charge in [0.05, 0.1) is 5.02 Å². The molecule has 0 saturated heterocycles. The molecule has 0 N–H and O–H groups in total. The summed E-state index contributed by atoms with van der Waals surface area (Å²) in [4.78, 5) is -0.149. The molecule has 0 fully saturated rings. The van der Waals surface area contributed by atoms with Gasteiger partial charge in [-0.3, -0.25) is 0 Å². The fraction of sp³-hybridized carbons (Fsp3) is 0.200. The van der Waals surface area contributed by atoms with Crippen LogP contribution < -0.4 is 0 Å². The summed E-state index contributed by atoms with van der Waals surface area (Å²) in [5.74, 6) is -2.04. The molecule has 2 aromatic carbocycles. The molecule has 0 aliphatic carbocycles. The second kappa shape index (κ2) is 6.73. The quantitative estimate of drug-likeness (QED) is 0.774. The predicted molar refractivity (Wildman–Crippen MR) is 86.2 cm³/mol. The number of hydrogen-bond donors (Lipinski definition) is 0. The molecule has 124 valence electrons. The molecular weight excluding hydrogens is 367 g/mol. The first-order chi connectivity index (χ1) is 10.6. The van der Waals surface area contributed by atoms with Gasteiger partial charge in [0.25, 0.3) is 0 Å². The molecule has 3 nitrogen and oxygen atoms in total. The number of rotatable bonds is 4. The highest BCUT2D eigenvalue weighted by Gasteiger charge is 2.29. The van der Waals surface area contributed by atoms with E-state index in [0.717, 1.165) is 16.4 Å². The molecule has 2 aromatic rings. The Morgan fingerprint density at radius 1 is 1.04 bits per heavy atom. The summed E-state index contributed by atoms with van der Waals surface area (Å²) in [6, 6.07) is 6.61. The van der Waals surface area contributed by atoms with E-state index in [-0.39, 0.29) is 14.9 Å². The molecule has 1 unspecified atom stereocenters. The van der Waals surface area contributed by atoms with Gasteiger partial charge in [0, 0.05) is 18.1 Å². The fourth-order valence-corrected chi connectivity index (χ4v) is 4.11. The van der Waals surface area contributed by atoms with E-state index in [1.807, 2.05) is 0 Å². The molecule has 0 amide bonds. The Balaban J connectivity index is 2.43. The number of benzene rings is 2. The van der Waals surface area contributed by atoms with Gasteiger partial charge in [0.1, 0.15) is 4.90 Å². The number of nitrogens with zero attached hydrogens (tertiary/aromatic N) is 1. The summed E-state index contributed by atoms with van der Waals surface area (Å²) >= 11 is 11.8. The molecule has 0 spiro atoms. The third-order valence-corrected chi connectivity index (χ3v) is 6.17. The van der Waals surface area contributed by atoms with Crippen LogP contribution in [-0.2, 0) is 10.0 Å². The lowest BCUT2D eigenvalue weighted by molar-refractivity contribution is 0.395. The van der Waals surface area contributed by atoms with Gasteiger partial charge in [0.2, 0.25) is 10.0 Å². The monoisotopic (exact) mass is 379 g/mol. The van der Waals surface area contributed by atoms with E-state index >= 15 is 0 Å². The molecule has 23 heavy (non-hydrogen) atoms. The first-order valence-corrected chi connectivity index (χ1v) is 8.72. The normalized spacial score (nSPS) is 13.3. The third kappa shape index (κ3) is 3.66. The summed E-state index contributed by atoms with van der Waals surface area (Å²) in [6.45, 7) is 1.56. The lowest BCUT2D eigenvalue weighted by atomic mass is 10.1. The van der Waals surface area contributed by atoms with Crippen molar-refractivity contribution in [2.75, 3.05) is 7.05 Å². The molecule has 0 aromatic heterocycles. The SMILES string of the molecule is CC(c1ccc(F)c(F)c1)N(C)S(=O)(=O)c1cc(Cl)ccc1Cl. The summed E-state index contributed by atoms with van der Waals surface area (Å²) in [6.07, 6.45) is 0. The van der Waals surface area contributed by atoms with E-state index in [1.165, 1.54) is 31.3 Å². The van der Waals surface area contributed by atoms with Crippen molar-refractivity contribution in [3.8, 4) is 0 Å². The average molecular weight is 380 g/mol. The molecule has 0 heterocycles. The van der Waals surface area contributed by atoms with Crippen molar-refractivity contribution in [2.45, 2.75) is 17.9 Å². The van der Waals surface area contributed by atoms with Crippen molar-refractivity contribution < 1.29 is 17.2 Å². The van der Waals surface area contributed by atoms with Gasteiger partial charge in [-0.05, 0) is 42.8 Å². The van der Waals surface area contributed by atoms with Crippen molar-refractivity contribution in [3.05, 3.63) is 63.6 Å². The minimum absolute atomic E-state index is 0.0266. The maximum atomic E-state index is 13.4. The van der Waals surface area contributed by atoms with E-state index in [1.54, 1.807) is 6.92 Å². The predicted octanol–water partition coefficient (Wildman–Crippen LogP) is 4.65. The van der Waals surface area contributed by atoms with Crippen molar-refractivity contribution >= 4 is 33.2 Å². The van der Waals surface area contributed by atoms with Crippen LogP contribution in [0.5, 0.6) is 0 Å². The van der Waals surface area contributed by atoms with E-state index in [4.69, 9.17) is 23.2 Å². The zero-order valence-electron chi connectivity index (χ0n) is 12.2. The minimum Gasteiger partial charge on any atom is -0.207 e. The molecule has 0 aliphatic rings. The van der Waals surface area contributed by atoms with Crippen LogP contribution in [0.1, 0.15) is 18.5 Å². The van der Waals surface area contributed by atoms with Crippen LogP contribution in [0, 0.1) is 11.6 Å². The van der Waals surface area contributed by atoms with Crippen LogP contribution in [0.2, 0.25) is 10.0 Å².